The molecule has 5 rings (SSSR count). The highest BCUT2D eigenvalue weighted by Crippen LogP contribution is 2.38. The number of benzene rings is 4. The molecule has 5 aromatic rings. The maximum Gasteiger partial charge on any atom is 0.0361 e. The van der Waals surface area contributed by atoms with Gasteiger partial charge in [0, 0.05) is 20.2 Å². The molecule has 0 saturated carbocycles. The molecule has 0 bridgehead atoms. The van der Waals surface area contributed by atoms with Crippen LogP contribution in [-0.2, 0) is 0 Å². The van der Waals surface area contributed by atoms with Gasteiger partial charge in [0.15, 0.2) is 0 Å². The van der Waals surface area contributed by atoms with Gasteiger partial charge in [-0.05, 0) is 52.7 Å². The van der Waals surface area contributed by atoms with Gasteiger partial charge in [0.1, 0.15) is 0 Å². The zero-order valence-electron chi connectivity index (χ0n) is 12.3. The number of rotatable bonds is 0. The third kappa shape index (κ3) is 1.69. The van der Waals surface area contributed by atoms with Crippen LogP contribution in [0.25, 0.3) is 41.7 Å². The Kier molecular flexibility index (Phi) is 2.39. The molecule has 0 amide bonds. The van der Waals surface area contributed by atoms with Gasteiger partial charge in [-0.1, -0.05) is 48.0 Å². The summed E-state index contributed by atoms with van der Waals surface area (Å²) in [4.78, 5) is 0. The molecular weight excluding hydrogens is 284 g/mol. The standard InChI is InChI=1S/C21H14S/c1-13-6-7-16-10-19-18-9-14-4-2-3-5-15(14)11-20(18)22-21(19)12-17(16)8-13/h2-12H,1H3. The summed E-state index contributed by atoms with van der Waals surface area (Å²) in [5.74, 6) is 0. The molecule has 104 valence electrons. The summed E-state index contributed by atoms with van der Waals surface area (Å²) < 4.78 is 2.75. The van der Waals surface area contributed by atoms with E-state index in [1.807, 2.05) is 11.3 Å². The van der Waals surface area contributed by atoms with E-state index in [0.717, 1.165) is 0 Å². The highest BCUT2D eigenvalue weighted by atomic mass is 32.1. The Labute approximate surface area is 132 Å². The van der Waals surface area contributed by atoms with Gasteiger partial charge in [-0.15, -0.1) is 11.3 Å². The van der Waals surface area contributed by atoms with Crippen molar-refractivity contribution in [3.8, 4) is 0 Å². The van der Waals surface area contributed by atoms with Gasteiger partial charge in [0.2, 0.25) is 0 Å². The van der Waals surface area contributed by atoms with E-state index in [-0.39, 0.29) is 0 Å². The zero-order valence-corrected chi connectivity index (χ0v) is 13.1. The summed E-state index contributed by atoms with van der Waals surface area (Å²) in [5, 5.41) is 8.05. The molecule has 1 aromatic heterocycles. The topological polar surface area (TPSA) is 0 Å². The van der Waals surface area contributed by atoms with Crippen molar-refractivity contribution in [3.63, 3.8) is 0 Å². The number of fused-ring (bicyclic) bond motifs is 5. The molecule has 0 aliphatic heterocycles. The summed E-state index contributed by atoms with van der Waals surface area (Å²) in [6.07, 6.45) is 0. The fourth-order valence-electron chi connectivity index (χ4n) is 3.32. The summed E-state index contributed by atoms with van der Waals surface area (Å²) in [5.41, 5.74) is 1.32. The van der Waals surface area contributed by atoms with Crippen LogP contribution in [0.3, 0.4) is 0 Å². The quantitative estimate of drug-likeness (QED) is 0.299. The van der Waals surface area contributed by atoms with Crippen LogP contribution in [0.4, 0.5) is 0 Å². The van der Waals surface area contributed by atoms with Crippen LogP contribution in [0.1, 0.15) is 5.56 Å². The number of hydrogen-bond donors (Lipinski definition) is 0. The highest BCUT2D eigenvalue weighted by molar-refractivity contribution is 7.26. The summed E-state index contributed by atoms with van der Waals surface area (Å²) in [7, 11) is 0. The summed E-state index contributed by atoms with van der Waals surface area (Å²) >= 11 is 1.90. The number of hydrogen-bond acceptors (Lipinski definition) is 1. The second-order valence-corrected chi connectivity index (χ2v) is 7.08. The third-order valence-corrected chi connectivity index (χ3v) is 5.57. The van der Waals surface area contributed by atoms with E-state index in [4.69, 9.17) is 0 Å². The molecule has 1 heterocycles. The molecule has 0 saturated heterocycles. The van der Waals surface area contributed by atoms with Gasteiger partial charge in [0.25, 0.3) is 0 Å². The fraction of sp³-hybridized carbons (Fsp3) is 0.0476. The molecule has 0 spiro atoms. The Morgan fingerprint density at radius 3 is 1.91 bits per heavy atom. The summed E-state index contributed by atoms with van der Waals surface area (Å²) in [6, 6.07) is 24.7. The Bertz CT molecular complexity index is 1180. The van der Waals surface area contributed by atoms with Gasteiger partial charge in [0.05, 0.1) is 0 Å². The Morgan fingerprint density at radius 2 is 1.18 bits per heavy atom. The number of aryl methyl sites for hydroxylation is 1. The van der Waals surface area contributed by atoms with Crippen LogP contribution in [-0.4, -0.2) is 0 Å². The molecule has 0 aliphatic rings. The van der Waals surface area contributed by atoms with E-state index in [2.05, 4.69) is 73.7 Å². The lowest BCUT2D eigenvalue weighted by molar-refractivity contribution is 1.51. The molecule has 4 aromatic carbocycles. The molecule has 22 heavy (non-hydrogen) atoms. The number of thiophene rings is 1. The van der Waals surface area contributed by atoms with E-state index in [9.17, 15) is 0 Å². The van der Waals surface area contributed by atoms with E-state index < -0.39 is 0 Å². The van der Waals surface area contributed by atoms with E-state index in [1.54, 1.807) is 0 Å². The van der Waals surface area contributed by atoms with Gasteiger partial charge in [-0.25, -0.2) is 0 Å². The van der Waals surface area contributed by atoms with Crippen molar-refractivity contribution in [3.05, 3.63) is 72.3 Å². The fourth-order valence-corrected chi connectivity index (χ4v) is 4.49. The molecule has 0 N–H and O–H groups in total. The smallest absolute Gasteiger partial charge is 0.0361 e. The highest BCUT2D eigenvalue weighted by Gasteiger charge is 2.08. The van der Waals surface area contributed by atoms with Crippen LogP contribution < -0.4 is 0 Å². The van der Waals surface area contributed by atoms with Gasteiger partial charge >= 0.3 is 0 Å². The molecule has 0 nitrogen and oxygen atoms in total. The third-order valence-electron chi connectivity index (χ3n) is 4.45. The average molecular weight is 298 g/mol. The van der Waals surface area contributed by atoms with Crippen molar-refractivity contribution in [2.45, 2.75) is 6.92 Å². The van der Waals surface area contributed by atoms with Crippen LogP contribution in [0.2, 0.25) is 0 Å². The van der Waals surface area contributed by atoms with Gasteiger partial charge < -0.3 is 0 Å². The molecule has 0 aliphatic carbocycles. The Morgan fingerprint density at radius 1 is 0.591 bits per heavy atom. The molecular formula is C21H14S. The molecule has 1 heteroatoms. The second kappa shape index (κ2) is 4.31. The molecule has 0 atom stereocenters. The maximum absolute atomic E-state index is 2.34. The van der Waals surface area contributed by atoms with Crippen molar-refractivity contribution >= 4 is 53.1 Å². The minimum Gasteiger partial charge on any atom is -0.135 e. The predicted octanol–water partition coefficient (Wildman–Crippen LogP) is 6.67. The second-order valence-electron chi connectivity index (χ2n) is 6.00. The van der Waals surface area contributed by atoms with Gasteiger partial charge in [-0.2, -0.15) is 0 Å². The van der Waals surface area contributed by atoms with E-state index in [0.29, 0.717) is 0 Å². The molecule has 0 fully saturated rings. The van der Waals surface area contributed by atoms with Crippen molar-refractivity contribution in [1.29, 1.82) is 0 Å². The first-order valence-electron chi connectivity index (χ1n) is 7.53. The summed E-state index contributed by atoms with van der Waals surface area (Å²) in [6.45, 7) is 2.15. The van der Waals surface area contributed by atoms with Crippen LogP contribution in [0.5, 0.6) is 0 Å². The molecule has 0 radical (unpaired) electrons. The van der Waals surface area contributed by atoms with Crippen molar-refractivity contribution in [2.24, 2.45) is 0 Å². The Hall–Kier alpha value is -2.38. The normalized spacial score (nSPS) is 11.9. The van der Waals surface area contributed by atoms with Crippen LogP contribution >= 0.6 is 11.3 Å². The minimum atomic E-state index is 1.32. The van der Waals surface area contributed by atoms with Crippen LogP contribution in [0.15, 0.2) is 66.7 Å². The SMILES string of the molecule is Cc1ccc2cc3c(cc2c1)sc1cc2ccccc2cc13. The monoisotopic (exact) mass is 298 g/mol. The van der Waals surface area contributed by atoms with E-state index >= 15 is 0 Å². The minimum absolute atomic E-state index is 1.32. The van der Waals surface area contributed by atoms with E-state index in [1.165, 1.54) is 47.3 Å². The molecule has 0 unspecified atom stereocenters. The van der Waals surface area contributed by atoms with Crippen LogP contribution in [0, 0.1) is 6.92 Å². The first-order valence-corrected chi connectivity index (χ1v) is 8.35. The lowest BCUT2D eigenvalue weighted by atomic mass is 10.0. The maximum atomic E-state index is 2.34. The largest absolute Gasteiger partial charge is 0.135 e. The van der Waals surface area contributed by atoms with Gasteiger partial charge in [-0.3, -0.25) is 0 Å². The predicted molar refractivity (Wildman–Crippen MR) is 99.1 cm³/mol. The van der Waals surface area contributed by atoms with Crippen molar-refractivity contribution in [1.82, 2.24) is 0 Å². The first-order chi connectivity index (χ1) is 10.8. The Balaban J connectivity index is 1.97. The zero-order chi connectivity index (χ0) is 14.7. The average Bonchev–Trinajstić information content (AvgIpc) is 2.87. The lowest BCUT2D eigenvalue weighted by Gasteiger charge is -2.01. The lowest BCUT2D eigenvalue weighted by Crippen LogP contribution is -1.76. The van der Waals surface area contributed by atoms with Crippen molar-refractivity contribution < 1.29 is 0 Å². The first kappa shape index (κ1) is 12.2. The van der Waals surface area contributed by atoms with Crippen molar-refractivity contribution in [2.75, 3.05) is 0 Å².